The van der Waals surface area contributed by atoms with Gasteiger partial charge in [-0.3, -0.25) is 9.48 Å². The molecule has 0 radical (unpaired) electrons. The van der Waals surface area contributed by atoms with Crippen LogP contribution < -0.4 is 11.1 Å². The van der Waals surface area contributed by atoms with E-state index in [-0.39, 0.29) is 6.54 Å². The van der Waals surface area contributed by atoms with Crippen molar-refractivity contribution in [3.63, 3.8) is 0 Å². The maximum absolute atomic E-state index is 10.8. The number of carbonyl (C=O) groups excluding carboxylic acids is 1. The average molecular weight is 272 g/mol. The molecule has 0 spiro atoms. The lowest BCUT2D eigenvalue weighted by atomic mass is 10.2. The van der Waals surface area contributed by atoms with E-state index in [0.717, 1.165) is 16.9 Å². The molecule has 1 amide bonds. The Labute approximate surface area is 116 Å². The average Bonchev–Trinajstić information content (AvgIpc) is 2.94. The van der Waals surface area contributed by atoms with Gasteiger partial charge in [0.15, 0.2) is 0 Å². The van der Waals surface area contributed by atoms with Crippen LogP contribution in [0.3, 0.4) is 0 Å². The monoisotopic (exact) mass is 272 g/mol. The van der Waals surface area contributed by atoms with Crippen molar-refractivity contribution in [2.75, 3.05) is 5.32 Å². The molecule has 3 N–H and O–H groups in total. The molecule has 0 unspecified atom stereocenters. The van der Waals surface area contributed by atoms with Gasteiger partial charge in [0.25, 0.3) is 0 Å². The summed E-state index contributed by atoms with van der Waals surface area (Å²) < 4.78 is 3.33. The standard InChI is InChI=1S/C13H16N6O/c1-9-10(3-12(4-14)18(9)2)5-16-11-6-17-19(7-11)8-13(15)20/h3,6-7,16H,5,8H2,1-2H3,(H2,15,20). The van der Waals surface area contributed by atoms with Crippen LogP contribution in [-0.2, 0) is 24.9 Å². The predicted molar refractivity (Wildman–Crippen MR) is 73.6 cm³/mol. The zero-order chi connectivity index (χ0) is 14.7. The molecule has 2 aromatic heterocycles. The van der Waals surface area contributed by atoms with E-state index < -0.39 is 5.91 Å². The first kappa shape index (κ1) is 13.7. The highest BCUT2D eigenvalue weighted by Gasteiger charge is 2.08. The smallest absolute Gasteiger partial charge is 0.239 e. The lowest BCUT2D eigenvalue weighted by Crippen LogP contribution is -2.18. The number of nitrogens with zero attached hydrogens (tertiary/aromatic N) is 4. The Morgan fingerprint density at radius 3 is 2.95 bits per heavy atom. The predicted octanol–water partition coefficient (Wildman–Crippen LogP) is 0.499. The van der Waals surface area contributed by atoms with Crippen molar-refractivity contribution in [2.24, 2.45) is 12.8 Å². The van der Waals surface area contributed by atoms with Crippen molar-refractivity contribution in [1.82, 2.24) is 14.3 Å². The topological polar surface area (TPSA) is 102 Å². The van der Waals surface area contributed by atoms with Gasteiger partial charge in [-0.25, -0.2) is 0 Å². The lowest BCUT2D eigenvalue weighted by Gasteiger charge is -2.04. The summed E-state index contributed by atoms with van der Waals surface area (Å²) >= 11 is 0. The van der Waals surface area contributed by atoms with Gasteiger partial charge in [0, 0.05) is 25.5 Å². The quantitative estimate of drug-likeness (QED) is 0.827. The minimum absolute atomic E-state index is 0.0601. The van der Waals surface area contributed by atoms with Gasteiger partial charge in [-0.1, -0.05) is 0 Å². The molecule has 0 aliphatic heterocycles. The molecule has 0 aliphatic rings. The molecule has 2 aromatic rings. The molecule has 20 heavy (non-hydrogen) atoms. The van der Waals surface area contributed by atoms with Gasteiger partial charge in [0.05, 0.1) is 11.9 Å². The number of hydrogen-bond donors (Lipinski definition) is 2. The third-order valence-corrected chi connectivity index (χ3v) is 3.19. The van der Waals surface area contributed by atoms with Gasteiger partial charge in [-0.2, -0.15) is 10.4 Å². The molecule has 0 saturated heterocycles. The number of rotatable bonds is 5. The fourth-order valence-corrected chi connectivity index (χ4v) is 1.95. The first-order valence-electron chi connectivity index (χ1n) is 6.11. The summed E-state index contributed by atoms with van der Waals surface area (Å²) in [6.07, 6.45) is 3.35. The zero-order valence-electron chi connectivity index (χ0n) is 11.4. The molecule has 7 heteroatoms. The summed E-state index contributed by atoms with van der Waals surface area (Å²) in [5, 5.41) is 16.2. The van der Waals surface area contributed by atoms with Crippen molar-refractivity contribution in [3.8, 4) is 6.07 Å². The summed E-state index contributed by atoms with van der Waals surface area (Å²) in [6, 6.07) is 4.01. The molecule has 0 atom stereocenters. The van der Waals surface area contributed by atoms with Crippen LogP contribution in [0.1, 0.15) is 17.0 Å². The first-order chi connectivity index (χ1) is 9.51. The molecule has 2 heterocycles. The molecule has 2 rings (SSSR count). The molecule has 0 bridgehead atoms. The van der Waals surface area contributed by atoms with Gasteiger partial charge in [0.1, 0.15) is 18.3 Å². The van der Waals surface area contributed by atoms with E-state index in [1.165, 1.54) is 4.68 Å². The number of nitrogens with one attached hydrogen (secondary N) is 1. The van der Waals surface area contributed by atoms with Crippen LogP contribution >= 0.6 is 0 Å². The van der Waals surface area contributed by atoms with Crippen LogP contribution in [-0.4, -0.2) is 20.3 Å². The van der Waals surface area contributed by atoms with Crippen molar-refractivity contribution in [1.29, 1.82) is 5.26 Å². The van der Waals surface area contributed by atoms with Crippen molar-refractivity contribution < 1.29 is 4.79 Å². The maximum Gasteiger partial charge on any atom is 0.239 e. The van der Waals surface area contributed by atoms with E-state index in [1.807, 2.05) is 24.6 Å². The maximum atomic E-state index is 10.8. The molecular formula is C13H16N6O. The number of nitriles is 1. The second kappa shape index (κ2) is 5.48. The highest BCUT2D eigenvalue weighted by atomic mass is 16.1. The van der Waals surface area contributed by atoms with Crippen molar-refractivity contribution >= 4 is 11.6 Å². The second-order valence-corrected chi connectivity index (χ2v) is 4.56. The highest BCUT2D eigenvalue weighted by Crippen LogP contribution is 2.15. The van der Waals surface area contributed by atoms with E-state index in [9.17, 15) is 4.79 Å². The van der Waals surface area contributed by atoms with Gasteiger partial charge in [0.2, 0.25) is 5.91 Å². The second-order valence-electron chi connectivity index (χ2n) is 4.56. The SMILES string of the molecule is Cc1c(CNc2cnn(CC(N)=O)c2)cc(C#N)n1C. The van der Waals surface area contributed by atoms with Gasteiger partial charge >= 0.3 is 0 Å². The molecule has 0 aliphatic carbocycles. The fraction of sp³-hybridized carbons (Fsp3) is 0.308. The Kier molecular flexibility index (Phi) is 3.75. The van der Waals surface area contributed by atoms with Crippen molar-refractivity contribution in [2.45, 2.75) is 20.0 Å². The first-order valence-corrected chi connectivity index (χ1v) is 6.11. The normalized spacial score (nSPS) is 10.2. The van der Waals surface area contributed by atoms with Crippen LogP contribution in [0.4, 0.5) is 5.69 Å². The van der Waals surface area contributed by atoms with E-state index in [1.54, 1.807) is 12.4 Å². The number of nitrogens with two attached hydrogens (primary N) is 1. The minimum atomic E-state index is -0.433. The Morgan fingerprint density at radius 1 is 1.60 bits per heavy atom. The lowest BCUT2D eigenvalue weighted by molar-refractivity contribution is -0.118. The number of primary amides is 1. The Balaban J connectivity index is 2.04. The summed E-state index contributed by atoms with van der Waals surface area (Å²) in [6.45, 7) is 2.61. The Morgan fingerprint density at radius 2 is 2.35 bits per heavy atom. The van der Waals surface area contributed by atoms with Crippen molar-refractivity contribution in [3.05, 3.63) is 35.4 Å². The van der Waals surface area contributed by atoms with Crippen LogP contribution in [0.2, 0.25) is 0 Å². The Hall–Kier alpha value is -2.75. The Bertz CT molecular complexity index is 676. The minimum Gasteiger partial charge on any atom is -0.378 e. The van der Waals surface area contributed by atoms with E-state index in [0.29, 0.717) is 12.2 Å². The number of hydrogen-bond acceptors (Lipinski definition) is 4. The highest BCUT2D eigenvalue weighted by molar-refractivity contribution is 5.73. The molecule has 0 saturated carbocycles. The summed E-state index contributed by atoms with van der Waals surface area (Å²) in [5.41, 5.74) is 8.62. The van der Waals surface area contributed by atoms with E-state index >= 15 is 0 Å². The van der Waals surface area contributed by atoms with E-state index in [2.05, 4.69) is 16.5 Å². The fourth-order valence-electron chi connectivity index (χ4n) is 1.95. The third-order valence-electron chi connectivity index (χ3n) is 3.19. The van der Waals surface area contributed by atoms with E-state index in [4.69, 9.17) is 11.0 Å². The van der Waals surface area contributed by atoms with Crippen LogP contribution in [0.25, 0.3) is 0 Å². The molecular weight excluding hydrogens is 256 g/mol. The number of anilines is 1. The van der Waals surface area contributed by atoms with Crippen LogP contribution in [0.5, 0.6) is 0 Å². The van der Waals surface area contributed by atoms with Gasteiger partial charge in [-0.15, -0.1) is 0 Å². The number of amides is 1. The third kappa shape index (κ3) is 2.80. The molecule has 0 fully saturated rings. The molecule has 104 valence electrons. The van der Waals surface area contributed by atoms with Crippen LogP contribution in [0.15, 0.2) is 18.5 Å². The molecule has 7 nitrogen and oxygen atoms in total. The number of aromatic nitrogens is 3. The summed E-state index contributed by atoms with van der Waals surface area (Å²) in [4.78, 5) is 10.8. The van der Waals surface area contributed by atoms with Crippen LogP contribution in [0, 0.1) is 18.3 Å². The summed E-state index contributed by atoms with van der Waals surface area (Å²) in [7, 11) is 1.86. The largest absolute Gasteiger partial charge is 0.378 e. The zero-order valence-corrected chi connectivity index (χ0v) is 11.4. The summed E-state index contributed by atoms with van der Waals surface area (Å²) in [5.74, 6) is -0.433. The van der Waals surface area contributed by atoms with Gasteiger partial charge < -0.3 is 15.6 Å². The molecule has 0 aromatic carbocycles. The van der Waals surface area contributed by atoms with Gasteiger partial charge in [-0.05, 0) is 18.6 Å². The number of carbonyl (C=O) groups is 1.